The third-order valence-corrected chi connectivity index (χ3v) is 11.3. The van der Waals surface area contributed by atoms with Gasteiger partial charge in [0, 0.05) is 58.7 Å². The van der Waals surface area contributed by atoms with Crippen LogP contribution < -0.4 is 0 Å². The zero-order chi connectivity index (χ0) is 34.2. The summed E-state index contributed by atoms with van der Waals surface area (Å²) >= 11 is 1.81. The largest absolute Gasteiger partial charge is 0.309 e. The number of hydrogen-bond donors (Lipinski definition) is 0. The Morgan fingerprint density at radius 2 is 1.06 bits per heavy atom. The lowest BCUT2D eigenvalue weighted by molar-refractivity contribution is 1.08. The molecule has 0 bridgehead atoms. The normalized spacial score (nSPS) is 11.8. The van der Waals surface area contributed by atoms with Crippen LogP contribution in [0.25, 0.3) is 103 Å². The van der Waals surface area contributed by atoms with Crippen molar-refractivity contribution in [1.29, 1.82) is 0 Å². The standard InChI is InChI=1S/C47H28N4S/c1-3-13-30(14-4-1)45-48-46(31-15-5-2-6-16-31)50-47(49-45)37-20-11-21-42-43(37)39-28-34(23-25-41(39)52-42)51-40-27-33-18-8-7-17-32(33)26-38(40)36-24-22-29-12-9-10-19-35(29)44(36)51/h1-28H. The lowest BCUT2D eigenvalue weighted by Gasteiger charge is -2.12. The molecule has 0 radical (unpaired) electrons. The molecule has 11 aromatic rings. The molecule has 11 rings (SSSR count). The summed E-state index contributed by atoms with van der Waals surface area (Å²) in [5.41, 5.74) is 6.45. The monoisotopic (exact) mass is 680 g/mol. The van der Waals surface area contributed by atoms with Crippen LogP contribution in [0, 0.1) is 0 Å². The van der Waals surface area contributed by atoms with Gasteiger partial charge < -0.3 is 4.57 Å². The van der Waals surface area contributed by atoms with E-state index in [2.05, 4.69) is 138 Å². The number of hydrogen-bond acceptors (Lipinski definition) is 4. The minimum Gasteiger partial charge on any atom is -0.309 e. The Morgan fingerprint density at radius 1 is 0.404 bits per heavy atom. The first-order valence-electron chi connectivity index (χ1n) is 17.4. The summed E-state index contributed by atoms with van der Waals surface area (Å²) in [6.07, 6.45) is 0. The van der Waals surface area contributed by atoms with Crippen molar-refractivity contribution < 1.29 is 0 Å². The van der Waals surface area contributed by atoms with Gasteiger partial charge in [0.15, 0.2) is 17.5 Å². The van der Waals surface area contributed by atoms with Crippen LogP contribution in [0.2, 0.25) is 0 Å². The molecule has 0 fully saturated rings. The lowest BCUT2D eigenvalue weighted by Crippen LogP contribution is -2.00. The maximum Gasteiger partial charge on any atom is 0.164 e. The molecule has 52 heavy (non-hydrogen) atoms. The van der Waals surface area contributed by atoms with E-state index in [1.807, 2.05) is 47.7 Å². The molecule has 0 saturated heterocycles. The summed E-state index contributed by atoms with van der Waals surface area (Å²) < 4.78 is 4.89. The van der Waals surface area contributed by atoms with Gasteiger partial charge in [-0.05, 0) is 52.6 Å². The summed E-state index contributed by atoms with van der Waals surface area (Å²) in [5, 5.41) is 9.79. The molecular weight excluding hydrogens is 653 g/mol. The Balaban J connectivity index is 1.20. The fourth-order valence-electron chi connectivity index (χ4n) is 7.80. The number of benzene rings is 8. The van der Waals surface area contributed by atoms with E-state index in [0.717, 1.165) is 27.8 Å². The zero-order valence-electron chi connectivity index (χ0n) is 27.9. The van der Waals surface area contributed by atoms with Crippen molar-refractivity contribution in [2.24, 2.45) is 0 Å². The summed E-state index contributed by atoms with van der Waals surface area (Å²) in [6, 6.07) is 60.4. The van der Waals surface area contributed by atoms with Crippen LogP contribution >= 0.6 is 11.3 Å². The van der Waals surface area contributed by atoms with Gasteiger partial charge in [-0.3, -0.25) is 0 Å². The molecule has 0 N–H and O–H groups in total. The summed E-state index contributed by atoms with van der Waals surface area (Å²) in [7, 11) is 0. The van der Waals surface area contributed by atoms with Crippen LogP contribution in [0.15, 0.2) is 170 Å². The van der Waals surface area contributed by atoms with Crippen molar-refractivity contribution in [2.45, 2.75) is 0 Å². The molecule has 8 aromatic carbocycles. The second-order valence-electron chi connectivity index (χ2n) is 13.2. The molecule has 0 aliphatic carbocycles. The molecule has 0 aliphatic heterocycles. The third-order valence-electron chi connectivity index (χ3n) is 10.2. The molecular formula is C47H28N4S. The maximum absolute atomic E-state index is 5.13. The molecule has 0 amide bonds. The van der Waals surface area contributed by atoms with E-state index < -0.39 is 0 Å². The van der Waals surface area contributed by atoms with Crippen LogP contribution in [-0.2, 0) is 0 Å². The molecule has 0 unspecified atom stereocenters. The Labute approximate surface area is 302 Å². The zero-order valence-corrected chi connectivity index (χ0v) is 28.7. The third kappa shape index (κ3) is 4.50. The second kappa shape index (κ2) is 11.4. The van der Waals surface area contributed by atoms with Crippen molar-refractivity contribution in [1.82, 2.24) is 19.5 Å². The van der Waals surface area contributed by atoms with Crippen LogP contribution in [-0.4, -0.2) is 19.5 Å². The smallest absolute Gasteiger partial charge is 0.164 e. The van der Waals surface area contributed by atoms with Gasteiger partial charge in [0.1, 0.15) is 0 Å². The van der Waals surface area contributed by atoms with Crippen LogP contribution in [0.1, 0.15) is 0 Å². The van der Waals surface area contributed by atoms with Gasteiger partial charge in [-0.2, -0.15) is 0 Å². The number of rotatable bonds is 4. The van der Waals surface area contributed by atoms with Gasteiger partial charge in [0.05, 0.1) is 11.0 Å². The van der Waals surface area contributed by atoms with E-state index >= 15 is 0 Å². The van der Waals surface area contributed by atoms with Crippen molar-refractivity contribution in [2.75, 3.05) is 0 Å². The lowest BCUT2D eigenvalue weighted by atomic mass is 10.0. The predicted molar refractivity (Wildman–Crippen MR) is 218 cm³/mol. The Hall–Kier alpha value is -6.69. The predicted octanol–water partition coefficient (Wildman–Crippen LogP) is 12.6. The molecule has 4 nitrogen and oxygen atoms in total. The van der Waals surface area contributed by atoms with Crippen molar-refractivity contribution in [3.05, 3.63) is 170 Å². The Morgan fingerprint density at radius 3 is 1.81 bits per heavy atom. The summed E-state index contributed by atoms with van der Waals surface area (Å²) in [4.78, 5) is 15.2. The molecule has 0 saturated carbocycles. The van der Waals surface area contributed by atoms with Crippen molar-refractivity contribution >= 4 is 74.9 Å². The Kier molecular flexibility index (Phi) is 6.39. The van der Waals surface area contributed by atoms with E-state index in [4.69, 9.17) is 15.0 Å². The van der Waals surface area contributed by atoms with Gasteiger partial charge in [0.25, 0.3) is 0 Å². The topological polar surface area (TPSA) is 43.6 Å². The molecule has 0 atom stereocenters. The second-order valence-corrected chi connectivity index (χ2v) is 14.3. The maximum atomic E-state index is 5.13. The first-order chi connectivity index (χ1) is 25.8. The Bertz CT molecular complexity index is 3120. The van der Waals surface area contributed by atoms with Gasteiger partial charge in [-0.1, -0.05) is 133 Å². The van der Waals surface area contributed by atoms with Crippen LogP contribution in [0.5, 0.6) is 0 Å². The first kappa shape index (κ1) is 29.1. The molecule has 3 aromatic heterocycles. The van der Waals surface area contributed by atoms with E-state index in [9.17, 15) is 0 Å². The minimum atomic E-state index is 0.658. The molecule has 242 valence electrons. The molecule has 0 aliphatic rings. The minimum absolute atomic E-state index is 0.658. The average molecular weight is 681 g/mol. The fraction of sp³-hybridized carbons (Fsp3) is 0. The van der Waals surface area contributed by atoms with Crippen molar-refractivity contribution in [3.8, 4) is 39.9 Å². The highest BCUT2D eigenvalue weighted by Crippen LogP contribution is 2.43. The van der Waals surface area contributed by atoms with Gasteiger partial charge >= 0.3 is 0 Å². The van der Waals surface area contributed by atoms with E-state index in [0.29, 0.717) is 17.5 Å². The molecule has 0 spiro atoms. The number of nitrogens with zero attached hydrogens (tertiary/aromatic N) is 4. The van der Waals surface area contributed by atoms with E-state index in [1.165, 1.54) is 58.1 Å². The van der Waals surface area contributed by atoms with E-state index in [1.54, 1.807) is 0 Å². The van der Waals surface area contributed by atoms with Crippen molar-refractivity contribution in [3.63, 3.8) is 0 Å². The summed E-state index contributed by atoms with van der Waals surface area (Å²) in [5.74, 6) is 1.98. The number of thiophene rings is 1. The first-order valence-corrected chi connectivity index (χ1v) is 18.3. The number of aromatic nitrogens is 4. The highest BCUT2D eigenvalue weighted by molar-refractivity contribution is 7.26. The average Bonchev–Trinajstić information content (AvgIpc) is 3.75. The van der Waals surface area contributed by atoms with E-state index in [-0.39, 0.29) is 0 Å². The van der Waals surface area contributed by atoms with Gasteiger partial charge in [-0.25, -0.2) is 15.0 Å². The molecule has 5 heteroatoms. The number of fused-ring (bicyclic) bond motifs is 9. The van der Waals surface area contributed by atoms with Crippen LogP contribution in [0.4, 0.5) is 0 Å². The highest BCUT2D eigenvalue weighted by atomic mass is 32.1. The quantitative estimate of drug-likeness (QED) is 0.186. The molecule has 3 heterocycles. The SMILES string of the molecule is c1ccc(-c2nc(-c3ccccc3)nc(-c3cccc4sc5ccc(-n6c7cc8ccccc8cc7c7ccc8ccccc8c76)cc5c34)n2)cc1. The highest BCUT2D eigenvalue weighted by Gasteiger charge is 2.20. The summed E-state index contributed by atoms with van der Waals surface area (Å²) in [6.45, 7) is 0. The van der Waals surface area contributed by atoms with Gasteiger partial charge in [0.2, 0.25) is 0 Å². The fourth-order valence-corrected chi connectivity index (χ4v) is 8.91. The van der Waals surface area contributed by atoms with Crippen LogP contribution in [0.3, 0.4) is 0 Å². The van der Waals surface area contributed by atoms with Gasteiger partial charge in [-0.15, -0.1) is 11.3 Å².